The number of carbonyl (C=O) groups excluding carboxylic acids is 1. The zero-order chi connectivity index (χ0) is 23.7. The van der Waals surface area contributed by atoms with Crippen LogP contribution in [0.4, 0.5) is 0 Å². The van der Waals surface area contributed by atoms with Crippen LogP contribution in [0.5, 0.6) is 0 Å². The Bertz CT molecular complexity index is 1250. The lowest BCUT2D eigenvalue weighted by Crippen LogP contribution is -2.38. The van der Waals surface area contributed by atoms with Crippen LogP contribution >= 0.6 is 23.2 Å². The van der Waals surface area contributed by atoms with Gasteiger partial charge in [0.1, 0.15) is 0 Å². The number of rotatable bonds is 5. The van der Waals surface area contributed by atoms with Crippen molar-refractivity contribution in [1.82, 2.24) is 9.47 Å². The van der Waals surface area contributed by atoms with Crippen LogP contribution in [0.3, 0.4) is 0 Å². The predicted octanol–water partition coefficient (Wildman–Crippen LogP) is 6.91. The van der Waals surface area contributed by atoms with E-state index in [1.165, 1.54) is 12.8 Å². The molecule has 1 amide bonds. The molecule has 0 atom stereocenters. The van der Waals surface area contributed by atoms with Crippen molar-refractivity contribution in [2.24, 2.45) is 13.0 Å². The molecule has 6 heteroatoms. The molecule has 1 aromatic heterocycles. The van der Waals surface area contributed by atoms with Crippen molar-refractivity contribution in [2.45, 2.75) is 46.0 Å². The van der Waals surface area contributed by atoms with Crippen LogP contribution in [0.15, 0.2) is 30.3 Å². The number of nitriles is 1. The summed E-state index contributed by atoms with van der Waals surface area (Å²) in [6.45, 7) is 5.78. The molecule has 2 aromatic carbocycles. The van der Waals surface area contributed by atoms with Crippen molar-refractivity contribution in [3.63, 3.8) is 0 Å². The molecule has 1 saturated heterocycles. The van der Waals surface area contributed by atoms with E-state index < -0.39 is 0 Å². The highest BCUT2D eigenvalue weighted by Crippen LogP contribution is 2.34. The number of likely N-dealkylation sites (tertiary alicyclic amines) is 1. The Kier molecular flexibility index (Phi) is 7.02. The Morgan fingerprint density at radius 2 is 1.91 bits per heavy atom. The molecule has 0 spiro atoms. The molecule has 0 N–H and O–H groups in total. The molecule has 1 aliphatic rings. The minimum absolute atomic E-state index is 0.0144. The maximum absolute atomic E-state index is 13.3. The number of fused-ring (bicyclic) bond motifs is 1. The molecule has 0 bridgehead atoms. The van der Waals surface area contributed by atoms with Gasteiger partial charge in [0.15, 0.2) is 0 Å². The molecule has 172 valence electrons. The number of carbonyl (C=O) groups is 1. The normalized spacial score (nSPS) is 14.6. The van der Waals surface area contributed by atoms with Crippen molar-refractivity contribution in [3.05, 3.63) is 68.3 Å². The second-order valence-electron chi connectivity index (χ2n) is 9.12. The first-order valence-electron chi connectivity index (χ1n) is 11.6. The number of aromatic nitrogens is 1. The summed E-state index contributed by atoms with van der Waals surface area (Å²) in [6, 6.07) is 11.7. The third-order valence-electron chi connectivity index (χ3n) is 6.97. The Hall–Kier alpha value is -2.48. The van der Waals surface area contributed by atoms with Crippen molar-refractivity contribution in [3.8, 4) is 6.07 Å². The summed E-state index contributed by atoms with van der Waals surface area (Å²) in [5.41, 5.74) is 4.99. The van der Waals surface area contributed by atoms with Gasteiger partial charge in [-0.3, -0.25) is 4.79 Å². The molecule has 0 aliphatic carbocycles. The lowest BCUT2D eigenvalue weighted by atomic mass is 9.92. The molecule has 0 unspecified atom stereocenters. The monoisotopic (exact) mass is 481 g/mol. The average molecular weight is 482 g/mol. The van der Waals surface area contributed by atoms with Crippen molar-refractivity contribution < 1.29 is 4.79 Å². The number of amides is 1. The third kappa shape index (κ3) is 4.63. The summed E-state index contributed by atoms with van der Waals surface area (Å²) < 4.78 is 2.07. The highest BCUT2D eigenvalue weighted by molar-refractivity contribution is 6.38. The summed E-state index contributed by atoms with van der Waals surface area (Å²) in [5.74, 6) is 0.700. The van der Waals surface area contributed by atoms with Crippen molar-refractivity contribution in [1.29, 1.82) is 5.26 Å². The Labute approximate surface area is 205 Å². The fourth-order valence-corrected chi connectivity index (χ4v) is 5.59. The minimum atomic E-state index is -0.0144. The van der Waals surface area contributed by atoms with E-state index in [9.17, 15) is 10.1 Å². The molecule has 0 radical (unpaired) electrons. The van der Waals surface area contributed by atoms with Gasteiger partial charge in [-0.1, -0.05) is 43.0 Å². The van der Waals surface area contributed by atoms with Crippen molar-refractivity contribution >= 4 is 40.0 Å². The zero-order valence-corrected chi connectivity index (χ0v) is 20.9. The SMILES string of the molecule is CCCC1CCN(C(=O)c2ccc(Cl)c(Cc3cc4c(C)cc(C#N)cc4n3C)c2Cl)CC1. The lowest BCUT2D eigenvalue weighted by molar-refractivity contribution is 0.0686. The summed E-state index contributed by atoms with van der Waals surface area (Å²) in [6.07, 6.45) is 5.03. The van der Waals surface area contributed by atoms with Crippen molar-refractivity contribution in [2.75, 3.05) is 13.1 Å². The zero-order valence-electron chi connectivity index (χ0n) is 19.4. The van der Waals surface area contributed by atoms with E-state index in [0.29, 0.717) is 33.5 Å². The van der Waals surface area contributed by atoms with Gasteiger partial charge >= 0.3 is 0 Å². The van der Waals surface area contributed by atoms with Gasteiger partial charge in [-0.25, -0.2) is 0 Å². The maximum Gasteiger partial charge on any atom is 0.255 e. The van der Waals surface area contributed by atoms with Gasteiger partial charge in [0.05, 0.1) is 22.2 Å². The Morgan fingerprint density at radius 3 is 2.58 bits per heavy atom. The fourth-order valence-electron chi connectivity index (χ4n) is 5.01. The average Bonchev–Trinajstić information content (AvgIpc) is 3.13. The van der Waals surface area contributed by atoms with Gasteiger partial charge in [-0.15, -0.1) is 0 Å². The van der Waals surface area contributed by atoms with E-state index in [1.54, 1.807) is 12.1 Å². The third-order valence-corrected chi connectivity index (χ3v) is 7.76. The van der Waals surface area contributed by atoms with Crippen LogP contribution in [0.1, 0.15) is 65.3 Å². The molecule has 1 fully saturated rings. The summed E-state index contributed by atoms with van der Waals surface area (Å²) in [5, 5.41) is 11.4. The number of aryl methyl sites for hydroxylation is 2. The first-order chi connectivity index (χ1) is 15.8. The second kappa shape index (κ2) is 9.79. The highest BCUT2D eigenvalue weighted by atomic mass is 35.5. The number of benzene rings is 2. The molecule has 4 rings (SSSR count). The number of hydrogen-bond donors (Lipinski definition) is 0. The van der Waals surface area contributed by atoms with E-state index >= 15 is 0 Å². The van der Waals surface area contributed by atoms with E-state index in [-0.39, 0.29) is 5.91 Å². The highest BCUT2D eigenvalue weighted by Gasteiger charge is 2.26. The standard InChI is InChI=1S/C27H29Cl2N3O/c1-4-5-18-8-10-32(11-9-18)27(33)21-6-7-24(28)23(26(21)29)15-20-14-22-17(2)12-19(16-30)13-25(22)31(20)3/h6-7,12-14,18H,4-5,8-11,15H2,1-3H3. The fraction of sp³-hybridized carbons (Fsp3) is 0.407. The van der Waals surface area contributed by atoms with Gasteiger partial charge in [0.2, 0.25) is 0 Å². The number of nitrogens with zero attached hydrogens (tertiary/aromatic N) is 3. The lowest BCUT2D eigenvalue weighted by Gasteiger charge is -2.32. The van der Waals surface area contributed by atoms with E-state index in [0.717, 1.165) is 53.7 Å². The molecule has 0 saturated carbocycles. The minimum Gasteiger partial charge on any atom is -0.347 e. The van der Waals surface area contributed by atoms with E-state index in [4.69, 9.17) is 23.2 Å². The van der Waals surface area contributed by atoms with Crippen LogP contribution in [-0.4, -0.2) is 28.5 Å². The first kappa shape index (κ1) is 23.7. The van der Waals surface area contributed by atoms with Gasteiger partial charge in [-0.2, -0.15) is 5.26 Å². The Morgan fingerprint density at radius 1 is 1.18 bits per heavy atom. The van der Waals surface area contributed by atoms with Crippen LogP contribution in [-0.2, 0) is 13.5 Å². The number of piperidine rings is 1. The molecular weight excluding hydrogens is 453 g/mol. The summed E-state index contributed by atoms with van der Waals surface area (Å²) >= 11 is 13.4. The molecule has 2 heterocycles. The number of hydrogen-bond acceptors (Lipinski definition) is 2. The van der Waals surface area contributed by atoms with Crippen LogP contribution in [0, 0.1) is 24.2 Å². The molecule has 1 aliphatic heterocycles. The van der Waals surface area contributed by atoms with E-state index in [1.807, 2.05) is 31.0 Å². The largest absolute Gasteiger partial charge is 0.347 e. The topological polar surface area (TPSA) is 49.0 Å². The summed E-state index contributed by atoms with van der Waals surface area (Å²) in [7, 11) is 1.98. The molecular formula is C27H29Cl2N3O. The first-order valence-corrected chi connectivity index (χ1v) is 12.3. The van der Waals surface area contributed by atoms with Gasteiger partial charge in [0, 0.05) is 48.2 Å². The van der Waals surface area contributed by atoms with Crippen LogP contribution in [0.2, 0.25) is 10.0 Å². The molecule has 33 heavy (non-hydrogen) atoms. The van der Waals surface area contributed by atoms with E-state index in [2.05, 4.69) is 23.6 Å². The predicted molar refractivity (Wildman–Crippen MR) is 135 cm³/mol. The number of halogens is 2. The van der Waals surface area contributed by atoms with Crippen LogP contribution < -0.4 is 0 Å². The van der Waals surface area contributed by atoms with Crippen LogP contribution in [0.25, 0.3) is 10.9 Å². The maximum atomic E-state index is 13.3. The van der Waals surface area contributed by atoms with Gasteiger partial charge in [0.25, 0.3) is 5.91 Å². The van der Waals surface area contributed by atoms with Gasteiger partial charge < -0.3 is 9.47 Å². The molecule has 3 aromatic rings. The molecule has 4 nitrogen and oxygen atoms in total. The summed E-state index contributed by atoms with van der Waals surface area (Å²) in [4.78, 5) is 15.2. The second-order valence-corrected chi connectivity index (χ2v) is 9.91. The quantitative estimate of drug-likeness (QED) is 0.397. The smallest absolute Gasteiger partial charge is 0.255 e. The van der Waals surface area contributed by atoms with Gasteiger partial charge in [-0.05, 0) is 67.1 Å². The Balaban J connectivity index is 1.63.